The minimum atomic E-state index is -0.0418. The number of pyridine rings is 2. The highest BCUT2D eigenvalue weighted by Gasteiger charge is 2.21. The fraction of sp³-hybridized carbons (Fsp3) is 0.476. The van der Waals surface area contributed by atoms with Crippen LogP contribution in [0, 0.1) is 13.8 Å². The number of nitrogens with zero attached hydrogens (tertiary/aromatic N) is 3. The van der Waals surface area contributed by atoms with Gasteiger partial charge in [-0.2, -0.15) is 0 Å². The van der Waals surface area contributed by atoms with Crippen molar-refractivity contribution in [2.45, 2.75) is 53.0 Å². The first-order chi connectivity index (χ1) is 12.4. The van der Waals surface area contributed by atoms with Crippen LogP contribution in [0.25, 0.3) is 0 Å². The molecule has 0 atom stereocenters. The fourth-order valence-electron chi connectivity index (χ4n) is 3.08. The molecule has 140 valence electrons. The lowest BCUT2D eigenvalue weighted by Gasteiger charge is -2.24. The van der Waals surface area contributed by atoms with Gasteiger partial charge in [-0.3, -0.25) is 14.8 Å². The van der Waals surface area contributed by atoms with Gasteiger partial charge >= 0.3 is 0 Å². The summed E-state index contributed by atoms with van der Waals surface area (Å²) in [4.78, 5) is 23.9. The summed E-state index contributed by atoms with van der Waals surface area (Å²) >= 11 is 0. The van der Waals surface area contributed by atoms with Crippen LogP contribution in [0.15, 0.2) is 30.6 Å². The molecule has 2 aromatic heterocycles. The minimum absolute atomic E-state index is 0.0418. The van der Waals surface area contributed by atoms with E-state index < -0.39 is 0 Å². The Hall–Kier alpha value is -2.27. The highest BCUT2D eigenvalue weighted by molar-refractivity contribution is 5.93. The molecule has 2 aromatic rings. The number of carbonyl (C=O) groups excluding carboxylic acids is 1. The van der Waals surface area contributed by atoms with E-state index in [9.17, 15) is 4.79 Å². The first kappa shape index (κ1) is 20.0. The molecule has 0 spiro atoms. The van der Waals surface area contributed by atoms with Crippen molar-refractivity contribution in [3.8, 4) is 0 Å². The number of rotatable bonds is 8. The second-order valence-corrected chi connectivity index (χ2v) is 7.09. The predicted octanol–water partition coefficient (Wildman–Crippen LogP) is 3.60. The van der Waals surface area contributed by atoms with Crippen LogP contribution in [-0.4, -0.2) is 33.9 Å². The molecule has 0 aliphatic heterocycles. The number of amides is 1. The third-order valence-electron chi connectivity index (χ3n) is 4.48. The molecular weight excluding hydrogens is 324 g/mol. The summed E-state index contributed by atoms with van der Waals surface area (Å²) in [5.74, 6) is 0.318. The largest absolute Gasteiger partial charge is 0.331 e. The van der Waals surface area contributed by atoms with Gasteiger partial charge in [-0.15, -0.1) is 0 Å². The van der Waals surface area contributed by atoms with E-state index in [1.807, 2.05) is 30.9 Å². The van der Waals surface area contributed by atoms with E-state index in [1.165, 1.54) is 5.56 Å². The van der Waals surface area contributed by atoms with E-state index in [0.29, 0.717) is 31.2 Å². The van der Waals surface area contributed by atoms with Crippen LogP contribution >= 0.6 is 0 Å². The molecule has 0 aromatic carbocycles. The van der Waals surface area contributed by atoms with Gasteiger partial charge in [0.1, 0.15) is 5.69 Å². The molecule has 0 aliphatic carbocycles. The van der Waals surface area contributed by atoms with Crippen molar-refractivity contribution in [3.63, 3.8) is 0 Å². The minimum Gasteiger partial charge on any atom is -0.331 e. The molecule has 0 radical (unpaired) electrons. The Labute approximate surface area is 156 Å². The number of nitrogens with two attached hydrogens (primary N) is 1. The van der Waals surface area contributed by atoms with Crippen LogP contribution in [0.5, 0.6) is 0 Å². The van der Waals surface area contributed by atoms with Crippen molar-refractivity contribution in [2.24, 2.45) is 5.73 Å². The van der Waals surface area contributed by atoms with E-state index in [0.717, 1.165) is 29.7 Å². The maximum Gasteiger partial charge on any atom is 0.273 e. The van der Waals surface area contributed by atoms with Crippen molar-refractivity contribution in [3.05, 3.63) is 58.7 Å². The van der Waals surface area contributed by atoms with E-state index in [4.69, 9.17) is 5.73 Å². The molecule has 0 aliphatic rings. The molecule has 0 unspecified atom stereocenters. The average molecular weight is 354 g/mol. The zero-order valence-electron chi connectivity index (χ0n) is 16.3. The Morgan fingerprint density at radius 3 is 2.65 bits per heavy atom. The summed E-state index contributed by atoms with van der Waals surface area (Å²) in [5.41, 5.74) is 10.2. The number of aryl methyl sites for hydroxylation is 2. The van der Waals surface area contributed by atoms with E-state index in [-0.39, 0.29) is 5.91 Å². The molecule has 1 amide bonds. The molecule has 2 rings (SSSR count). The lowest BCUT2D eigenvalue weighted by atomic mass is 10.0. The van der Waals surface area contributed by atoms with Crippen molar-refractivity contribution >= 4 is 5.91 Å². The molecule has 0 saturated heterocycles. The van der Waals surface area contributed by atoms with Gasteiger partial charge in [-0.05, 0) is 61.9 Å². The number of unbranched alkanes of at least 4 members (excludes halogenated alkanes) is 1. The first-order valence-electron chi connectivity index (χ1n) is 9.30. The van der Waals surface area contributed by atoms with Crippen LogP contribution in [0.3, 0.4) is 0 Å². The van der Waals surface area contributed by atoms with Crippen LogP contribution in [0.4, 0.5) is 0 Å². The average Bonchev–Trinajstić information content (AvgIpc) is 2.60. The summed E-state index contributed by atoms with van der Waals surface area (Å²) in [7, 11) is 0. The maximum atomic E-state index is 13.2. The lowest BCUT2D eigenvalue weighted by molar-refractivity contribution is 0.0731. The van der Waals surface area contributed by atoms with Crippen molar-refractivity contribution < 1.29 is 4.79 Å². The van der Waals surface area contributed by atoms with Gasteiger partial charge in [-0.25, -0.2) is 0 Å². The third kappa shape index (κ3) is 5.11. The van der Waals surface area contributed by atoms with Gasteiger partial charge in [-0.1, -0.05) is 26.0 Å². The Morgan fingerprint density at radius 2 is 2.00 bits per heavy atom. The smallest absolute Gasteiger partial charge is 0.273 e. The molecule has 0 fully saturated rings. The van der Waals surface area contributed by atoms with Crippen LogP contribution in [0.2, 0.25) is 0 Å². The van der Waals surface area contributed by atoms with Crippen LogP contribution < -0.4 is 5.73 Å². The van der Waals surface area contributed by atoms with Gasteiger partial charge in [0.25, 0.3) is 5.91 Å². The van der Waals surface area contributed by atoms with Crippen molar-refractivity contribution in [1.82, 2.24) is 14.9 Å². The number of hydrogen-bond donors (Lipinski definition) is 1. The normalized spacial score (nSPS) is 11.0. The molecule has 0 bridgehead atoms. The maximum absolute atomic E-state index is 13.2. The van der Waals surface area contributed by atoms with Crippen molar-refractivity contribution in [2.75, 3.05) is 13.1 Å². The van der Waals surface area contributed by atoms with E-state index >= 15 is 0 Å². The summed E-state index contributed by atoms with van der Waals surface area (Å²) in [6.07, 6.45) is 5.30. The van der Waals surface area contributed by atoms with E-state index in [1.54, 1.807) is 12.4 Å². The monoisotopic (exact) mass is 354 g/mol. The standard InChI is InChI=1S/C21H30N4O/c1-15(2)18-8-7-10-23-19(18)14-25(11-6-5-9-22)21(26)20-17(4)12-16(3)13-24-20/h7-8,10,12-13,15H,5-6,9,11,14,22H2,1-4H3. The lowest BCUT2D eigenvalue weighted by Crippen LogP contribution is -2.33. The number of carbonyl (C=O) groups is 1. The summed E-state index contributed by atoms with van der Waals surface area (Å²) in [5, 5.41) is 0. The summed E-state index contributed by atoms with van der Waals surface area (Å²) in [6.45, 7) is 9.98. The number of aromatic nitrogens is 2. The molecule has 5 heteroatoms. The Kier molecular flexibility index (Phi) is 7.27. The van der Waals surface area contributed by atoms with Gasteiger partial charge < -0.3 is 10.6 Å². The second-order valence-electron chi connectivity index (χ2n) is 7.09. The third-order valence-corrected chi connectivity index (χ3v) is 4.48. The highest BCUT2D eigenvalue weighted by Crippen LogP contribution is 2.20. The summed E-state index contributed by atoms with van der Waals surface area (Å²) in [6, 6.07) is 6.04. The Morgan fingerprint density at radius 1 is 1.23 bits per heavy atom. The van der Waals surface area contributed by atoms with Crippen molar-refractivity contribution in [1.29, 1.82) is 0 Å². The zero-order chi connectivity index (χ0) is 19.1. The Balaban J connectivity index is 2.29. The topological polar surface area (TPSA) is 72.1 Å². The van der Waals surface area contributed by atoms with Crippen LogP contribution in [-0.2, 0) is 6.54 Å². The SMILES string of the molecule is Cc1cnc(C(=O)N(CCCCN)Cc2ncccc2C(C)C)c(C)c1. The summed E-state index contributed by atoms with van der Waals surface area (Å²) < 4.78 is 0. The first-order valence-corrected chi connectivity index (χ1v) is 9.30. The fourth-order valence-corrected chi connectivity index (χ4v) is 3.08. The molecule has 26 heavy (non-hydrogen) atoms. The number of hydrogen-bond acceptors (Lipinski definition) is 4. The van der Waals surface area contributed by atoms with Crippen LogP contribution in [0.1, 0.15) is 65.5 Å². The molecule has 0 saturated carbocycles. The van der Waals surface area contributed by atoms with Gasteiger partial charge in [0, 0.05) is 18.9 Å². The Bertz CT molecular complexity index is 743. The zero-order valence-corrected chi connectivity index (χ0v) is 16.3. The molecule has 2 heterocycles. The second kappa shape index (κ2) is 9.43. The molecule has 2 N–H and O–H groups in total. The van der Waals surface area contributed by atoms with Gasteiger partial charge in [0.05, 0.1) is 12.2 Å². The quantitative estimate of drug-likeness (QED) is 0.735. The molecular formula is C21H30N4O. The molecule has 5 nitrogen and oxygen atoms in total. The van der Waals surface area contributed by atoms with Gasteiger partial charge in [0.2, 0.25) is 0 Å². The van der Waals surface area contributed by atoms with Gasteiger partial charge in [0.15, 0.2) is 0 Å². The highest BCUT2D eigenvalue weighted by atomic mass is 16.2. The predicted molar refractivity (Wildman–Crippen MR) is 105 cm³/mol. The van der Waals surface area contributed by atoms with E-state index in [2.05, 4.69) is 29.9 Å².